The zero-order valence-corrected chi connectivity index (χ0v) is 7.21. The van der Waals surface area contributed by atoms with Crippen molar-refractivity contribution < 1.29 is 4.52 Å². The third-order valence-corrected chi connectivity index (χ3v) is 1.97. The number of hydrogen-bond acceptors (Lipinski definition) is 2. The number of aromatic nitrogens is 1. The molecule has 0 aliphatic heterocycles. The standard InChI is InChI=1S/C9H8ClNO/c10-6-5-8-7-3-1-2-4-9(7)12-11-8/h1-4H,5-6H2. The Hall–Kier alpha value is -1.02. The topological polar surface area (TPSA) is 26.0 Å². The van der Waals surface area contributed by atoms with Crippen LogP contribution in [0.25, 0.3) is 11.0 Å². The van der Waals surface area contributed by atoms with Crippen LogP contribution in [0.5, 0.6) is 0 Å². The van der Waals surface area contributed by atoms with Crippen LogP contribution in [0.1, 0.15) is 5.69 Å². The molecule has 0 radical (unpaired) electrons. The van der Waals surface area contributed by atoms with E-state index >= 15 is 0 Å². The van der Waals surface area contributed by atoms with Gasteiger partial charge in [0.2, 0.25) is 0 Å². The van der Waals surface area contributed by atoms with Crippen molar-refractivity contribution in [2.75, 3.05) is 5.88 Å². The fourth-order valence-electron chi connectivity index (χ4n) is 1.21. The minimum Gasteiger partial charge on any atom is -0.356 e. The van der Waals surface area contributed by atoms with Gasteiger partial charge in [-0.05, 0) is 12.1 Å². The molecule has 1 heterocycles. The highest BCUT2D eigenvalue weighted by Crippen LogP contribution is 2.17. The molecule has 0 atom stereocenters. The Morgan fingerprint density at radius 1 is 1.33 bits per heavy atom. The van der Waals surface area contributed by atoms with E-state index in [1.165, 1.54) is 0 Å². The highest BCUT2D eigenvalue weighted by atomic mass is 35.5. The van der Waals surface area contributed by atoms with Gasteiger partial charge < -0.3 is 4.52 Å². The molecular formula is C9H8ClNO. The van der Waals surface area contributed by atoms with Gasteiger partial charge in [0.25, 0.3) is 0 Å². The molecule has 1 aromatic heterocycles. The molecule has 0 fully saturated rings. The maximum absolute atomic E-state index is 5.61. The van der Waals surface area contributed by atoms with E-state index in [9.17, 15) is 0 Å². The molecule has 0 N–H and O–H groups in total. The van der Waals surface area contributed by atoms with Gasteiger partial charge in [0.15, 0.2) is 5.58 Å². The zero-order chi connectivity index (χ0) is 8.39. The van der Waals surface area contributed by atoms with Crippen molar-refractivity contribution in [3.8, 4) is 0 Å². The minimum atomic E-state index is 0.580. The fraction of sp³-hybridized carbons (Fsp3) is 0.222. The number of para-hydroxylation sites is 1. The van der Waals surface area contributed by atoms with Crippen LogP contribution in [0.4, 0.5) is 0 Å². The van der Waals surface area contributed by atoms with E-state index in [0.717, 1.165) is 23.1 Å². The molecule has 3 heteroatoms. The summed E-state index contributed by atoms with van der Waals surface area (Å²) < 4.78 is 5.09. The van der Waals surface area contributed by atoms with Crippen LogP contribution in [0.15, 0.2) is 28.8 Å². The van der Waals surface area contributed by atoms with Crippen LogP contribution in [0, 0.1) is 0 Å². The Labute approximate surface area is 75.1 Å². The number of nitrogens with zero attached hydrogens (tertiary/aromatic N) is 1. The second kappa shape index (κ2) is 3.15. The van der Waals surface area contributed by atoms with Gasteiger partial charge in [0.05, 0.1) is 5.69 Å². The van der Waals surface area contributed by atoms with Gasteiger partial charge in [0.1, 0.15) is 0 Å². The predicted octanol–water partition coefficient (Wildman–Crippen LogP) is 2.61. The summed E-state index contributed by atoms with van der Waals surface area (Å²) in [5.74, 6) is 0.580. The van der Waals surface area contributed by atoms with Gasteiger partial charge in [-0.15, -0.1) is 11.6 Å². The van der Waals surface area contributed by atoms with Gasteiger partial charge in [-0.2, -0.15) is 0 Å². The maximum atomic E-state index is 5.61. The van der Waals surface area contributed by atoms with E-state index in [1.807, 2.05) is 24.3 Å². The third kappa shape index (κ3) is 1.18. The van der Waals surface area contributed by atoms with Crippen molar-refractivity contribution >= 4 is 22.6 Å². The summed E-state index contributed by atoms with van der Waals surface area (Å²) in [5.41, 5.74) is 1.78. The van der Waals surface area contributed by atoms with Crippen LogP contribution in [0.2, 0.25) is 0 Å². The maximum Gasteiger partial charge on any atom is 0.167 e. The molecule has 2 aromatic rings. The summed E-state index contributed by atoms with van der Waals surface area (Å²) in [6, 6.07) is 7.79. The number of halogens is 1. The van der Waals surface area contributed by atoms with Crippen molar-refractivity contribution in [3.05, 3.63) is 30.0 Å². The fourth-order valence-corrected chi connectivity index (χ4v) is 1.39. The average Bonchev–Trinajstić information content (AvgIpc) is 2.50. The van der Waals surface area contributed by atoms with E-state index in [2.05, 4.69) is 5.16 Å². The van der Waals surface area contributed by atoms with Crippen LogP contribution < -0.4 is 0 Å². The lowest BCUT2D eigenvalue weighted by atomic mass is 10.2. The number of aryl methyl sites for hydroxylation is 1. The first kappa shape index (κ1) is 7.62. The van der Waals surface area contributed by atoms with E-state index in [1.54, 1.807) is 0 Å². The number of alkyl halides is 1. The minimum absolute atomic E-state index is 0.580. The van der Waals surface area contributed by atoms with E-state index in [0.29, 0.717) is 5.88 Å². The molecule has 0 aliphatic carbocycles. The lowest BCUT2D eigenvalue weighted by Crippen LogP contribution is -1.85. The van der Waals surface area contributed by atoms with Crippen LogP contribution in [-0.4, -0.2) is 11.0 Å². The van der Waals surface area contributed by atoms with E-state index in [-0.39, 0.29) is 0 Å². The Morgan fingerprint density at radius 3 is 3.00 bits per heavy atom. The van der Waals surface area contributed by atoms with Gasteiger partial charge in [-0.25, -0.2) is 0 Å². The van der Waals surface area contributed by atoms with Crippen LogP contribution >= 0.6 is 11.6 Å². The monoisotopic (exact) mass is 181 g/mol. The molecule has 0 bridgehead atoms. The largest absolute Gasteiger partial charge is 0.356 e. The van der Waals surface area contributed by atoms with E-state index in [4.69, 9.17) is 16.1 Å². The molecular weight excluding hydrogens is 174 g/mol. The van der Waals surface area contributed by atoms with Crippen LogP contribution in [-0.2, 0) is 6.42 Å². The molecule has 2 nitrogen and oxygen atoms in total. The second-order valence-electron chi connectivity index (χ2n) is 2.56. The molecule has 0 amide bonds. The quantitative estimate of drug-likeness (QED) is 0.666. The SMILES string of the molecule is ClCCc1noc2ccccc12. The molecule has 62 valence electrons. The summed E-state index contributed by atoms with van der Waals surface area (Å²) >= 11 is 5.61. The first-order valence-corrected chi connectivity index (χ1v) is 4.34. The van der Waals surface area contributed by atoms with Gasteiger partial charge >= 0.3 is 0 Å². The molecule has 1 aromatic carbocycles. The van der Waals surface area contributed by atoms with Crippen molar-refractivity contribution in [2.45, 2.75) is 6.42 Å². The zero-order valence-electron chi connectivity index (χ0n) is 6.46. The van der Waals surface area contributed by atoms with Crippen molar-refractivity contribution in [2.24, 2.45) is 0 Å². The Balaban J connectivity index is 2.55. The average molecular weight is 182 g/mol. The molecule has 0 saturated heterocycles. The normalized spacial score (nSPS) is 10.8. The lowest BCUT2D eigenvalue weighted by Gasteiger charge is -1.88. The highest BCUT2D eigenvalue weighted by Gasteiger charge is 2.04. The Kier molecular flexibility index (Phi) is 2.00. The van der Waals surface area contributed by atoms with Gasteiger partial charge in [0, 0.05) is 17.7 Å². The van der Waals surface area contributed by atoms with Crippen molar-refractivity contribution in [3.63, 3.8) is 0 Å². The molecule has 12 heavy (non-hydrogen) atoms. The Morgan fingerprint density at radius 2 is 2.17 bits per heavy atom. The highest BCUT2D eigenvalue weighted by molar-refractivity contribution is 6.18. The summed E-state index contributed by atoms with van der Waals surface area (Å²) in [5, 5.41) is 4.99. The van der Waals surface area contributed by atoms with E-state index < -0.39 is 0 Å². The second-order valence-corrected chi connectivity index (χ2v) is 2.94. The molecule has 0 unspecified atom stereocenters. The first-order chi connectivity index (χ1) is 5.92. The number of hydrogen-bond donors (Lipinski definition) is 0. The third-order valence-electron chi connectivity index (χ3n) is 1.78. The number of benzene rings is 1. The summed E-state index contributed by atoms with van der Waals surface area (Å²) in [6.45, 7) is 0. The summed E-state index contributed by atoms with van der Waals surface area (Å²) in [6.07, 6.45) is 0.762. The Bertz CT molecular complexity index is 383. The molecule has 2 rings (SSSR count). The predicted molar refractivity (Wildman–Crippen MR) is 48.4 cm³/mol. The van der Waals surface area contributed by atoms with Crippen molar-refractivity contribution in [1.82, 2.24) is 5.16 Å². The summed E-state index contributed by atoms with van der Waals surface area (Å²) in [4.78, 5) is 0. The molecule has 0 spiro atoms. The molecule has 0 saturated carbocycles. The summed E-state index contributed by atoms with van der Waals surface area (Å²) in [7, 11) is 0. The first-order valence-electron chi connectivity index (χ1n) is 3.81. The number of fused-ring (bicyclic) bond motifs is 1. The lowest BCUT2D eigenvalue weighted by molar-refractivity contribution is 0.447. The molecule has 0 aliphatic rings. The van der Waals surface area contributed by atoms with Gasteiger partial charge in [-0.3, -0.25) is 0 Å². The van der Waals surface area contributed by atoms with Crippen LogP contribution in [0.3, 0.4) is 0 Å². The van der Waals surface area contributed by atoms with Crippen molar-refractivity contribution in [1.29, 1.82) is 0 Å². The van der Waals surface area contributed by atoms with Gasteiger partial charge in [-0.1, -0.05) is 17.3 Å². The number of rotatable bonds is 2. The smallest absolute Gasteiger partial charge is 0.167 e.